The number of allylic oxidation sites excluding steroid dienone is 1. The molecule has 96 valence electrons. The Bertz CT molecular complexity index is 490. The third-order valence-electron chi connectivity index (χ3n) is 3.45. The molecule has 0 fully saturated rings. The van der Waals surface area contributed by atoms with Crippen LogP contribution in [-0.2, 0) is 0 Å². The summed E-state index contributed by atoms with van der Waals surface area (Å²) in [7, 11) is 0. The lowest BCUT2D eigenvalue weighted by molar-refractivity contribution is 0.420. The van der Waals surface area contributed by atoms with Crippen LogP contribution >= 0.6 is 0 Å². The van der Waals surface area contributed by atoms with E-state index in [0.29, 0.717) is 0 Å². The molecule has 1 nitrogen and oxygen atoms in total. The van der Waals surface area contributed by atoms with Gasteiger partial charge in [-0.25, -0.2) is 0 Å². The van der Waals surface area contributed by atoms with Gasteiger partial charge in [-0.3, -0.25) is 4.99 Å². The quantitative estimate of drug-likeness (QED) is 0.669. The van der Waals surface area contributed by atoms with Crippen LogP contribution in [0.5, 0.6) is 0 Å². The minimum absolute atomic E-state index is 0.0481. The van der Waals surface area contributed by atoms with E-state index in [-0.39, 0.29) is 11.0 Å². The average molecular weight is 241 g/mol. The van der Waals surface area contributed by atoms with Crippen molar-refractivity contribution in [2.45, 2.75) is 46.6 Å². The van der Waals surface area contributed by atoms with Crippen molar-refractivity contribution in [3.8, 4) is 0 Å². The molecule has 0 N–H and O–H groups in total. The standard InChI is InChI=1S/C17H23N/c1-13(2)11-17(5)12-16(3,4)15(18-17)14-9-7-6-8-10-14/h6-11H,12H2,1-5H3. The van der Waals surface area contributed by atoms with Crippen molar-refractivity contribution in [2.24, 2.45) is 10.4 Å². The summed E-state index contributed by atoms with van der Waals surface area (Å²) >= 11 is 0. The van der Waals surface area contributed by atoms with Crippen LogP contribution in [0.1, 0.15) is 46.6 Å². The first kappa shape index (κ1) is 13.1. The Balaban J connectivity index is 2.46. The summed E-state index contributed by atoms with van der Waals surface area (Å²) in [4.78, 5) is 5.02. The molecule has 18 heavy (non-hydrogen) atoms. The number of aliphatic imine (C=N–C) groups is 1. The summed E-state index contributed by atoms with van der Waals surface area (Å²) in [5.74, 6) is 0. The molecular formula is C17H23N. The van der Waals surface area contributed by atoms with Crippen LogP contribution in [0.3, 0.4) is 0 Å². The summed E-state index contributed by atoms with van der Waals surface area (Å²) in [5.41, 5.74) is 3.93. The zero-order valence-electron chi connectivity index (χ0n) is 12.1. The van der Waals surface area contributed by atoms with Crippen molar-refractivity contribution in [3.05, 3.63) is 47.5 Å². The second kappa shape index (κ2) is 4.38. The van der Waals surface area contributed by atoms with Crippen molar-refractivity contribution >= 4 is 5.71 Å². The predicted molar refractivity (Wildman–Crippen MR) is 79.2 cm³/mol. The van der Waals surface area contributed by atoms with Crippen LogP contribution in [0.2, 0.25) is 0 Å². The van der Waals surface area contributed by atoms with Crippen LogP contribution < -0.4 is 0 Å². The Morgan fingerprint density at radius 1 is 1.11 bits per heavy atom. The highest BCUT2D eigenvalue weighted by Crippen LogP contribution is 2.42. The molecule has 2 rings (SSSR count). The minimum Gasteiger partial charge on any atom is -0.278 e. The summed E-state index contributed by atoms with van der Waals surface area (Å²) in [6, 6.07) is 10.6. The van der Waals surface area contributed by atoms with Gasteiger partial charge in [0.1, 0.15) is 0 Å². The predicted octanol–water partition coefficient (Wildman–Crippen LogP) is 4.63. The molecule has 0 spiro atoms. The fourth-order valence-corrected chi connectivity index (χ4v) is 3.18. The molecule has 1 unspecified atom stereocenters. The van der Waals surface area contributed by atoms with Crippen LogP contribution in [-0.4, -0.2) is 11.3 Å². The molecule has 1 atom stereocenters. The SMILES string of the molecule is CC(C)=CC1(C)CC(C)(C)C(c2ccccc2)=N1. The van der Waals surface area contributed by atoms with Gasteiger partial charge in [0, 0.05) is 11.1 Å². The maximum atomic E-state index is 5.02. The second-order valence-corrected chi connectivity index (χ2v) is 6.47. The molecule has 0 saturated heterocycles. The summed E-state index contributed by atoms with van der Waals surface area (Å²) < 4.78 is 0. The number of rotatable bonds is 2. The van der Waals surface area contributed by atoms with E-state index in [0.717, 1.165) is 6.42 Å². The Morgan fingerprint density at radius 3 is 2.28 bits per heavy atom. The highest BCUT2D eigenvalue weighted by Gasteiger charge is 2.41. The molecule has 1 aliphatic rings. The van der Waals surface area contributed by atoms with Gasteiger partial charge >= 0.3 is 0 Å². The Morgan fingerprint density at radius 2 is 1.72 bits per heavy atom. The van der Waals surface area contributed by atoms with E-state index in [1.165, 1.54) is 16.8 Å². The second-order valence-electron chi connectivity index (χ2n) is 6.47. The molecule has 1 aromatic carbocycles. The average Bonchev–Trinajstić information content (AvgIpc) is 2.48. The molecule has 1 aromatic rings. The van der Waals surface area contributed by atoms with E-state index in [1.54, 1.807) is 0 Å². The van der Waals surface area contributed by atoms with Crippen molar-refractivity contribution in [1.82, 2.24) is 0 Å². The highest BCUT2D eigenvalue weighted by atomic mass is 14.9. The maximum Gasteiger partial charge on any atom is 0.0774 e. The van der Waals surface area contributed by atoms with Gasteiger partial charge in [0.25, 0.3) is 0 Å². The van der Waals surface area contributed by atoms with Crippen molar-refractivity contribution < 1.29 is 0 Å². The lowest BCUT2D eigenvalue weighted by Crippen LogP contribution is -2.24. The van der Waals surface area contributed by atoms with Crippen molar-refractivity contribution in [3.63, 3.8) is 0 Å². The molecule has 0 saturated carbocycles. The smallest absolute Gasteiger partial charge is 0.0774 e. The minimum atomic E-state index is -0.0481. The number of nitrogens with zero attached hydrogens (tertiary/aromatic N) is 1. The molecule has 0 radical (unpaired) electrons. The van der Waals surface area contributed by atoms with Gasteiger partial charge in [-0.15, -0.1) is 0 Å². The highest BCUT2D eigenvalue weighted by molar-refractivity contribution is 6.06. The fourth-order valence-electron chi connectivity index (χ4n) is 3.18. The molecule has 0 bridgehead atoms. The lowest BCUT2D eigenvalue weighted by atomic mass is 9.78. The van der Waals surface area contributed by atoms with E-state index in [9.17, 15) is 0 Å². The first-order valence-corrected chi connectivity index (χ1v) is 6.64. The first-order valence-electron chi connectivity index (χ1n) is 6.64. The Hall–Kier alpha value is -1.37. The van der Waals surface area contributed by atoms with Gasteiger partial charge < -0.3 is 0 Å². The van der Waals surface area contributed by atoms with E-state index in [4.69, 9.17) is 4.99 Å². The largest absolute Gasteiger partial charge is 0.278 e. The number of benzene rings is 1. The molecule has 0 aromatic heterocycles. The van der Waals surface area contributed by atoms with Gasteiger partial charge in [0.15, 0.2) is 0 Å². The summed E-state index contributed by atoms with van der Waals surface area (Å²) in [5, 5.41) is 0. The summed E-state index contributed by atoms with van der Waals surface area (Å²) in [6.07, 6.45) is 3.38. The molecular weight excluding hydrogens is 218 g/mol. The Labute approximate surface area is 111 Å². The van der Waals surface area contributed by atoms with Crippen LogP contribution in [0.25, 0.3) is 0 Å². The third-order valence-corrected chi connectivity index (χ3v) is 3.45. The normalized spacial score (nSPS) is 25.7. The van der Waals surface area contributed by atoms with Crippen molar-refractivity contribution in [1.29, 1.82) is 0 Å². The zero-order valence-corrected chi connectivity index (χ0v) is 12.1. The van der Waals surface area contributed by atoms with Crippen LogP contribution in [0.15, 0.2) is 47.0 Å². The van der Waals surface area contributed by atoms with Crippen LogP contribution in [0, 0.1) is 5.41 Å². The maximum absolute atomic E-state index is 5.02. The number of hydrogen-bond donors (Lipinski definition) is 0. The molecule has 1 aliphatic heterocycles. The van der Waals surface area contributed by atoms with Gasteiger partial charge in [-0.05, 0) is 32.8 Å². The van der Waals surface area contributed by atoms with Gasteiger partial charge in [-0.1, -0.05) is 55.8 Å². The van der Waals surface area contributed by atoms with E-state index < -0.39 is 0 Å². The van der Waals surface area contributed by atoms with Gasteiger partial charge in [0.2, 0.25) is 0 Å². The van der Waals surface area contributed by atoms with E-state index >= 15 is 0 Å². The molecule has 0 aliphatic carbocycles. The van der Waals surface area contributed by atoms with Gasteiger partial charge in [0.05, 0.1) is 5.54 Å². The monoisotopic (exact) mass is 241 g/mol. The lowest BCUT2D eigenvalue weighted by Gasteiger charge is -2.23. The Kier molecular flexibility index (Phi) is 3.18. The van der Waals surface area contributed by atoms with Crippen molar-refractivity contribution in [2.75, 3.05) is 0 Å². The molecule has 1 heteroatoms. The van der Waals surface area contributed by atoms with E-state index in [2.05, 4.69) is 71.0 Å². The third kappa shape index (κ3) is 2.55. The first-order chi connectivity index (χ1) is 8.32. The number of hydrogen-bond acceptors (Lipinski definition) is 1. The topological polar surface area (TPSA) is 12.4 Å². The van der Waals surface area contributed by atoms with E-state index in [1.807, 2.05) is 0 Å². The summed E-state index contributed by atoms with van der Waals surface area (Å²) in [6.45, 7) is 11.1. The molecule has 1 heterocycles. The fraction of sp³-hybridized carbons (Fsp3) is 0.471. The van der Waals surface area contributed by atoms with Gasteiger partial charge in [-0.2, -0.15) is 0 Å². The molecule has 0 amide bonds. The van der Waals surface area contributed by atoms with Crippen LogP contribution in [0.4, 0.5) is 0 Å². The zero-order chi connectivity index (χ0) is 13.4.